The number of hydrogen-bond acceptors (Lipinski definition) is 4. The molecule has 0 radical (unpaired) electrons. The normalized spacial score (nSPS) is 11.0. The summed E-state index contributed by atoms with van der Waals surface area (Å²) in [4.78, 5) is 0. The van der Waals surface area contributed by atoms with Crippen molar-refractivity contribution < 1.29 is 9.47 Å². The van der Waals surface area contributed by atoms with Gasteiger partial charge in [-0.2, -0.15) is 11.3 Å². The maximum atomic E-state index is 5.44. The Morgan fingerprint density at radius 2 is 1.76 bits per heavy atom. The topological polar surface area (TPSA) is 30.5 Å². The number of nitrogens with one attached hydrogen (secondary N) is 1. The maximum absolute atomic E-state index is 5.44. The number of hydrogen-bond donors (Lipinski definition) is 1. The van der Waals surface area contributed by atoms with Gasteiger partial charge in [0, 0.05) is 28.0 Å². The van der Waals surface area contributed by atoms with E-state index >= 15 is 0 Å². The van der Waals surface area contributed by atoms with Crippen LogP contribution >= 0.6 is 27.3 Å². The van der Waals surface area contributed by atoms with Crippen LogP contribution in [0.4, 0.5) is 0 Å². The molecule has 0 spiro atoms. The number of halogens is 1. The molecular weight excluding hydrogens is 350 g/mol. The smallest absolute Gasteiger partial charge is 0.161 e. The second-order valence-corrected chi connectivity index (χ2v) is 6.63. The van der Waals surface area contributed by atoms with Crippen molar-refractivity contribution in [1.82, 2.24) is 5.32 Å². The van der Waals surface area contributed by atoms with E-state index in [-0.39, 0.29) is 0 Å². The Labute approximate surface area is 138 Å². The minimum absolute atomic E-state index is 0.428. The summed E-state index contributed by atoms with van der Waals surface area (Å²) in [6.07, 6.45) is 0. The molecule has 2 aromatic rings. The molecule has 0 aliphatic carbocycles. The molecule has 0 atom stereocenters. The van der Waals surface area contributed by atoms with E-state index in [0.29, 0.717) is 6.04 Å². The zero-order valence-electron chi connectivity index (χ0n) is 12.7. The lowest BCUT2D eigenvalue weighted by Gasteiger charge is -2.16. The molecule has 3 nitrogen and oxygen atoms in total. The van der Waals surface area contributed by atoms with Crippen LogP contribution < -0.4 is 14.8 Å². The minimum atomic E-state index is 0.428. The first-order chi connectivity index (χ1) is 10.1. The third-order valence-electron chi connectivity index (χ3n) is 3.22. The summed E-state index contributed by atoms with van der Waals surface area (Å²) in [5.41, 5.74) is 3.54. The first kappa shape index (κ1) is 16.3. The Balaban J connectivity index is 2.51. The van der Waals surface area contributed by atoms with Gasteiger partial charge < -0.3 is 14.8 Å². The van der Waals surface area contributed by atoms with Crippen LogP contribution in [-0.4, -0.2) is 20.3 Å². The number of rotatable bonds is 6. The molecule has 1 N–H and O–H groups in total. The number of ether oxygens (including phenoxy) is 2. The number of benzene rings is 1. The fourth-order valence-electron chi connectivity index (χ4n) is 2.11. The van der Waals surface area contributed by atoms with E-state index in [1.165, 1.54) is 11.1 Å². The maximum Gasteiger partial charge on any atom is 0.161 e. The highest BCUT2D eigenvalue weighted by molar-refractivity contribution is 9.10. The van der Waals surface area contributed by atoms with E-state index in [4.69, 9.17) is 9.47 Å². The van der Waals surface area contributed by atoms with E-state index in [9.17, 15) is 0 Å². The van der Waals surface area contributed by atoms with Crippen molar-refractivity contribution >= 4 is 27.3 Å². The van der Waals surface area contributed by atoms with E-state index in [2.05, 4.69) is 45.9 Å². The molecule has 2 rings (SSSR count). The standard InChI is InChI=1S/C16H20BrNO2S/c1-10(2)18-7-11-5-15(19-3)16(20-4)6-12(11)13-8-21-9-14(13)17/h5-6,8-10,18H,7H2,1-4H3. The lowest BCUT2D eigenvalue weighted by Crippen LogP contribution is -2.22. The average molecular weight is 370 g/mol. The van der Waals surface area contributed by atoms with Gasteiger partial charge in [-0.25, -0.2) is 0 Å². The second-order valence-electron chi connectivity index (χ2n) is 5.03. The molecular formula is C16H20BrNO2S. The predicted molar refractivity (Wildman–Crippen MR) is 92.5 cm³/mol. The molecule has 1 aromatic carbocycles. The average Bonchev–Trinajstić information content (AvgIpc) is 2.90. The Kier molecular flexibility index (Phi) is 5.67. The van der Waals surface area contributed by atoms with Crippen LogP contribution in [0.25, 0.3) is 11.1 Å². The Morgan fingerprint density at radius 1 is 1.10 bits per heavy atom. The van der Waals surface area contributed by atoms with Crippen LogP contribution in [0.3, 0.4) is 0 Å². The third kappa shape index (κ3) is 3.78. The molecule has 5 heteroatoms. The van der Waals surface area contributed by atoms with Crippen molar-refractivity contribution in [3.63, 3.8) is 0 Å². The van der Waals surface area contributed by atoms with Crippen molar-refractivity contribution in [3.8, 4) is 22.6 Å². The van der Waals surface area contributed by atoms with Gasteiger partial charge >= 0.3 is 0 Å². The zero-order valence-corrected chi connectivity index (χ0v) is 15.1. The van der Waals surface area contributed by atoms with Gasteiger partial charge in [-0.1, -0.05) is 13.8 Å². The van der Waals surface area contributed by atoms with Crippen molar-refractivity contribution in [2.75, 3.05) is 14.2 Å². The molecule has 1 heterocycles. The van der Waals surface area contributed by atoms with Gasteiger partial charge in [-0.15, -0.1) is 0 Å². The number of thiophene rings is 1. The SMILES string of the molecule is COc1cc(CNC(C)C)c(-c2cscc2Br)cc1OC. The van der Waals surface area contributed by atoms with Crippen LogP contribution in [-0.2, 0) is 6.54 Å². The molecule has 21 heavy (non-hydrogen) atoms. The largest absolute Gasteiger partial charge is 0.493 e. The van der Waals surface area contributed by atoms with Gasteiger partial charge in [0.15, 0.2) is 11.5 Å². The van der Waals surface area contributed by atoms with E-state index in [1.54, 1.807) is 25.6 Å². The summed E-state index contributed by atoms with van der Waals surface area (Å²) in [5, 5.41) is 7.70. The highest BCUT2D eigenvalue weighted by Crippen LogP contribution is 2.39. The van der Waals surface area contributed by atoms with Gasteiger partial charge in [0.05, 0.1) is 14.2 Å². The van der Waals surface area contributed by atoms with Crippen molar-refractivity contribution in [2.45, 2.75) is 26.4 Å². The number of methoxy groups -OCH3 is 2. The molecule has 0 saturated carbocycles. The van der Waals surface area contributed by atoms with Gasteiger partial charge in [0.1, 0.15) is 0 Å². The monoisotopic (exact) mass is 369 g/mol. The van der Waals surface area contributed by atoms with Crippen molar-refractivity contribution in [3.05, 3.63) is 32.9 Å². The summed E-state index contributed by atoms with van der Waals surface area (Å²) in [6, 6.07) is 4.52. The fourth-order valence-corrected chi connectivity index (χ4v) is 3.61. The predicted octanol–water partition coefficient (Wildman–Crippen LogP) is 4.69. The van der Waals surface area contributed by atoms with Crippen LogP contribution in [0.1, 0.15) is 19.4 Å². The van der Waals surface area contributed by atoms with E-state index < -0.39 is 0 Å². The molecule has 1 aromatic heterocycles. The fraction of sp³-hybridized carbons (Fsp3) is 0.375. The van der Waals surface area contributed by atoms with Crippen LogP contribution in [0.5, 0.6) is 11.5 Å². The second kappa shape index (κ2) is 7.29. The first-order valence-electron chi connectivity index (χ1n) is 6.77. The van der Waals surface area contributed by atoms with Gasteiger partial charge in [0.2, 0.25) is 0 Å². The lowest BCUT2D eigenvalue weighted by molar-refractivity contribution is 0.354. The Hall–Kier alpha value is -1.04. The third-order valence-corrected chi connectivity index (χ3v) is 4.92. The van der Waals surface area contributed by atoms with Gasteiger partial charge in [-0.3, -0.25) is 0 Å². The van der Waals surface area contributed by atoms with Gasteiger partial charge in [-0.05, 0) is 44.6 Å². The summed E-state index contributed by atoms with van der Waals surface area (Å²) in [5.74, 6) is 1.51. The molecule has 0 amide bonds. The van der Waals surface area contributed by atoms with E-state index in [0.717, 1.165) is 28.1 Å². The molecule has 0 saturated heterocycles. The zero-order chi connectivity index (χ0) is 15.4. The molecule has 0 aliphatic heterocycles. The highest BCUT2D eigenvalue weighted by Gasteiger charge is 2.15. The van der Waals surface area contributed by atoms with Crippen molar-refractivity contribution in [1.29, 1.82) is 0 Å². The molecule has 114 valence electrons. The summed E-state index contributed by atoms with van der Waals surface area (Å²) in [6.45, 7) is 5.07. The highest BCUT2D eigenvalue weighted by atomic mass is 79.9. The first-order valence-corrected chi connectivity index (χ1v) is 8.50. The summed E-state index contributed by atoms with van der Waals surface area (Å²) >= 11 is 5.30. The van der Waals surface area contributed by atoms with Crippen LogP contribution in [0.15, 0.2) is 27.4 Å². The summed E-state index contributed by atoms with van der Waals surface area (Å²) in [7, 11) is 3.33. The van der Waals surface area contributed by atoms with Gasteiger partial charge in [0.25, 0.3) is 0 Å². The molecule has 0 fully saturated rings. The lowest BCUT2D eigenvalue weighted by atomic mass is 10.0. The van der Waals surface area contributed by atoms with Crippen molar-refractivity contribution in [2.24, 2.45) is 0 Å². The van der Waals surface area contributed by atoms with Crippen LogP contribution in [0.2, 0.25) is 0 Å². The Bertz CT molecular complexity index is 610. The van der Waals surface area contributed by atoms with E-state index in [1.807, 2.05) is 12.1 Å². The molecule has 0 bridgehead atoms. The minimum Gasteiger partial charge on any atom is -0.493 e. The Morgan fingerprint density at radius 3 is 2.29 bits per heavy atom. The van der Waals surface area contributed by atoms with Crippen LogP contribution in [0, 0.1) is 0 Å². The molecule has 0 unspecified atom stereocenters. The quantitative estimate of drug-likeness (QED) is 0.800. The molecule has 0 aliphatic rings. The summed E-state index contributed by atoms with van der Waals surface area (Å²) < 4.78 is 12.0.